The number of rotatable bonds is 12. The summed E-state index contributed by atoms with van der Waals surface area (Å²) in [5.41, 5.74) is 8.31. The number of amides is 2. The van der Waals surface area contributed by atoms with E-state index in [1.807, 2.05) is 24.3 Å². The minimum absolute atomic E-state index is 0.00934. The van der Waals surface area contributed by atoms with Crippen LogP contribution in [-0.4, -0.2) is 62.2 Å². The molecule has 0 fully saturated rings. The van der Waals surface area contributed by atoms with Crippen molar-refractivity contribution in [3.63, 3.8) is 0 Å². The van der Waals surface area contributed by atoms with Gasteiger partial charge in [0.15, 0.2) is 0 Å². The lowest BCUT2D eigenvalue weighted by Gasteiger charge is -2.22. The molecule has 0 saturated heterocycles. The molecule has 8 N–H and O–H groups in total. The van der Waals surface area contributed by atoms with Crippen LogP contribution in [0.4, 0.5) is 0 Å². The maximum Gasteiger partial charge on any atom is 0.326 e. The van der Waals surface area contributed by atoms with Crippen LogP contribution in [-0.2, 0) is 32.0 Å². The fraction of sp³-hybridized carbons (Fsp3) is 0.280. The number of carboxylic acids is 2. The summed E-state index contributed by atoms with van der Waals surface area (Å²) in [6.07, 6.45) is 1.15. The number of carbonyl (C=O) groups excluding carboxylic acids is 2. The second kappa shape index (κ2) is 11.8. The molecule has 0 radical (unpaired) electrons. The Kier molecular flexibility index (Phi) is 8.63. The smallest absolute Gasteiger partial charge is 0.326 e. The highest BCUT2D eigenvalue weighted by atomic mass is 16.4. The highest BCUT2D eigenvalue weighted by molar-refractivity contribution is 5.92. The minimum Gasteiger partial charge on any atom is -0.508 e. The normalized spacial score (nSPS) is 13.5. The van der Waals surface area contributed by atoms with Crippen LogP contribution in [0.15, 0.2) is 54.7 Å². The van der Waals surface area contributed by atoms with E-state index in [0.717, 1.165) is 16.5 Å². The van der Waals surface area contributed by atoms with Crippen molar-refractivity contribution >= 4 is 34.7 Å². The lowest BCUT2D eigenvalue weighted by molar-refractivity contribution is -0.143. The van der Waals surface area contributed by atoms with Gasteiger partial charge in [0, 0.05) is 29.9 Å². The molecule has 3 rings (SSSR count). The van der Waals surface area contributed by atoms with Gasteiger partial charge in [-0.2, -0.15) is 0 Å². The third-order valence-corrected chi connectivity index (χ3v) is 5.72. The quantitative estimate of drug-likeness (QED) is 0.192. The summed E-state index contributed by atoms with van der Waals surface area (Å²) in [7, 11) is 0. The van der Waals surface area contributed by atoms with Gasteiger partial charge in [-0.05, 0) is 42.2 Å². The van der Waals surface area contributed by atoms with Gasteiger partial charge in [-0.25, -0.2) is 4.79 Å². The van der Waals surface area contributed by atoms with E-state index in [-0.39, 0.29) is 25.0 Å². The number of aromatic nitrogens is 1. The van der Waals surface area contributed by atoms with E-state index in [0.29, 0.717) is 5.56 Å². The Balaban J connectivity index is 1.68. The SMILES string of the molecule is N[C@@H](Cc1c[nH]c2ccccc12)C(=O)N[C@@H](CCC(=O)O)C(=O)N[C@@H](Cc1ccc(O)cc1)C(=O)O. The Morgan fingerprint density at radius 3 is 2.22 bits per heavy atom. The third kappa shape index (κ3) is 7.06. The number of carboxylic acid groups (broad SMARTS) is 2. The van der Waals surface area contributed by atoms with Gasteiger partial charge in [0.1, 0.15) is 17.8 Å². The molecule has 3 aromatic rings. The number of nitrogens with two attached hydrogens (primary N) is 1. The number of hydrogen-bond donors (Lipinski definition) is 7. The average Bonchev–Trinajstić information content (AvgIpc) is 3.24. The highest BCUT2D eigenvalue weighted by Gasteiger charge is 2.29. The molecular formula is C25H28N4O7. The Morgan fingerprint density at radius 2 is 1.56 bits per heavy atom. The summed E-state index contributed by atoms with van der Waals surface area (Å²) in [4.78, 5) is 51.6. The number of phenolic OH excluding ortho intramolecular Hbond substituents is 1. The standard InChI is InChI=1S/C25H28N4O7/c26-18(12-15-13-27-19-4-2-1-3-17(15)19)23(33)28-20(9-10-22(31)32)24(34)29-21(25(35)36)11-14-5-7-16(30)8-6-14/h1-8,13,18,20-21,27,30H,9-12,26H2,(H,28,33)(H,29,34)(H,31,32)(H,35,36)/t18-,20-,21-/m0/s1. The molecule has 0 spiro atoms. The van der Waals surface area contributed by atoms with E-state index in [1.54, 1.807) is 6.20 Å². The van der Waals surface area contributed by atoms with E-state index >= 15 is 0 Å². The number of benzene rings is 2. The molecule has 190 valence electrons. The number of H-pyrrole nitrogens is 1. The van der Waals surface area contributed by atoms with Crippen LogP contribution in [0.5, 0.6) is 5.75 Å². The maximum absolute atomic E-state index is 12.9. The number of carbonyl (C=O) groups is 4. The van der Waals surface area contributed by atoms with Crippen LogP contribution in [0.2, 0.25) is 0 Å². The summed E-state index contributed by atoms with van der Waals surface area (Å²) in [5, 5.41) is 33.8. The zero-order chi connectivity index (χ0) is 26.2. The van der Waals surface area contributed by atoms with E-state index in [1.165, 1.54) is 24.3 Å². The van der Waals surface area contributed by atoms with Gasteiger partial charge < -0.3 is 36.7 Å². The first-order valence-electron chi connectivity index (χ1n) is 11.3. The van der Waals surface area contributed by atoms with E-state index < -0.39 is 48.3 Å². The second-order valence-electron chi connectivity index (χ2n) is 8.43. The zero-order valence-electron chi connectivity index (χ0n) is 19.3. The predicted molar refractivity (Wildman–Crippen MR) is 130 cm³/mol. The Labute approximate surface area is 206 Å². The molecule has 0 bridgehead atoms. The van der Waals surface area contributed by atoms with Gasteiger partial charge >= 0.3 is 11.9 Å². The van der Waals surface area contributed by atoms with Crippen LogP contribution in [0.3, 0.4) is 0 Å². The van der Waals surface area contributed by atoms with Crippen LogP contribution in [0, 0.1) is 0 Å². The Bertz CT molecular complexity index is 1240. The molecule has 2 amide bonds. The lowest BCUT2D eigenvalue weighted by atomic mass is 10.0. The highest BCUT2D eigenvalue weighted by Crippen LogP contribution is 2.19. The monoisotopic (exact) mass is 496 g/mol. The first-order valence-corrected chi connectivity index (χ1v) is 11.3. The van der Waals surface area contributed by atoms with Crippen molar-refractivity contribution in [2.75, 3.05) is 0 Å². The summed E-state index contributed by atoms with van der Waals surface area (Å²) in [5.74, 6) is -3.99. The average molecular weight is 497 g/mol. The number of aromatic amines is 1. The van der Waals surface area contributed by atoms with Crippen molar-refractivity contribution in [1.82, 2.24) is 15.6 Å². The van der Waals surface area contributed by atoms with Crippen molar-refractivity contribution in [2.45, 2.75) is 43.8 Å². The van der Waals surface area contributed by atoms with Crippen molar-refractivity contribution in [3.8, 4) is 5.75 Å². The van der Waals surface area contributed by atoms with Gasteiger partial charge in [0.25, 0.3) is 0 Å². The molecule has 1 aromatic heterocycles. The Hall–Kier alpha value is -4.38. The van der Waals surface area contributed by atoms with Crippen LogP contribution >= 0.6 is 0 Å². The summed E-state index contributed by atoms with van der Waals surface area (Å²) in [6.45, 7) is 0. The van der Waals surface area contributed by atoms with Gasteiger partial charge in [-0.15, -0.1) is 0 Å². The molecule has 11 heteroatoms. The molecule has 0 aliphatic carbocycles. The molecule has 0 saturated carbocycles. The van der Waals surface area contributed by atoms with Crippen molar-refractivity contribution in [3.05, 3.63) is 65.9 Å². The molecule has 3 atom stereocenters. The van der Waals surface area contributed by atoms with Gasteiger partial charge in [0.2, 0.25) is 11.8 Å². The molecule has 1 heterocycles. The number of para-hydroxylation sites is 1. The largest absolute Gasteiger partial charge is 0.508 e. The number of nitrogens with one attached hydrogen (secondary N) is 3. The number of aromatic hydroxyl groups is 1. The molecule has 36 heavy (non-hydrogen) atoms. The molecular weight excluding hydrogens is 468 g/mol. The number of fused-ring (bicyclic) bond motifs is 1. The molecule has 11 nitrogen and oxygen atoms in total. The summed E-state index contributed by atoms with van der Waals surface area (Å²) < 4.78 is 0. The third-order valence-electron chi connectivity index (χ3n) is 5.72. The number of phenols is 1. The summed E-state index contributed by atoms with van der Waals surface area (Å²) in [6, 6.07) is 9.63. The second-order valence-corrected chi connectivity index (χ2v) is 8.43. The van der Waals surface area contributed by atoms with Crippen LogP contribution in [0.1, 0.15) is 24.0 Å². The zero-order valence-corrected chi connectivity index (χ0v) is 19.3. The van der Waals surface area contributed by atoms with Crippen molar-refractivity contribution in [2.24, 2.45) is 5.73 Å². The minimum atomic E-state index is -1.34. The molecule has 0 aliphatic rings. The van der Waals surface area contributed by atoms with Gasteiger partial charge in [-0.1, -0.05) is 30.3 Å². The van der Waals surface area contributed by atoms with E-state index in [9.17, 15) is 29.4 Å². The first kappa shape index (κ1) is 26.2. The molecule has 0 unspecified atom stereocenters. The summed E-state index contributed by atoms with van der Waals surface area (Å²) >= 11 is 0. The van der Waals surface area contributed by atoms with Gasteiger partial charge in [-0.3, -0.25) is 14.4 Å². The topological polar surface area (TPSA) is 195 Å². The van der Waals surface area contributed by atoms with Crippen LogP contribution in [0.25, 0.3) is 10.9 Å². The molecule has 2 aromatic carbocycles. The van der Waals surface area contributed by atoms with Crippen molar-refractivity contribution in [1.29, 1.82) is 0 Å². The number of hydrogen-bond acceptors (Lipinski definition) is 6. The van der Waals surface area contributed by atoms with Gasteiger partial charge in [0.05, 0.1) is 6.04 Å². The van der Waals surface area contributed by atoms with Crippen LogP contribution < -0.4 is 16.4 Å². The number of aliphatic carboxylic acids is 2. The molecule has 0 aliphatic heterocycles. The fourth-order valence-corrected chi connectivity index (χ4v) is 3.79. The van der Waals surface area contributed by atoms with Crippen molar-refractivity contribution < 1.29 is 34.5 Å². The fourth-order valence-electron chi connectivity index (χ4n) is 3.79. The maximum atomic E-state index is 12.9. The Morgan fingerprint density at radius 1 is 0.889 bits per heavy atom. The lowest BCUT2D eigenvalue weighted by Crippen LogP contribution is -2.55. The van der Waals surface area contributed by atoms with E-state index in [2.05, 4.69) is 15.6 Å². The predicted octanol–water partition coefficient (Wildman–Crippen LogP) is 0.905. The van der Waals surface area contributed by atoms with E-state index in [4.69, 9.17) is 10.8 Å². The first-order chi connectivity index (χ1) is 17.1.